The number of nitrogens with zero attached hydrogens (tertiary/aromatic N) is 1. The lowest BCUT2D eigenvalue weighted by molar-refractivity contribution is 0.0950. The molecule has 0 bridgehead atoms. The number of aryl methyl sites for hydroxylation is 1. The standard InChI is InChI=1S/C19H15ClN2O4/c1-11-17(19(23)21-9-12-3-2-4-14(20)7-12)18(26-22-11)13-5-6-15-16(8-13)25-10-24-15/h2-8H,9-10H2,1H3,(H,21,23). The van der Waals surface area contributed by atoms with Crippen LogP contribution in [0.1, 0.15) is 21.6 Å². The SMILES string of the molecule is Cc1noc(-c2ccc3c(c2)OCO3)c1C(=O)NCc1cccc(Cl)c1. The van der Waals surface area contributed by atoms with Crippen LogP contribution < -0.4 is 14.8 Å². The molecule has 26 heavy (non-hydrogen) atoms. The maximum absolute atomic E-state index is 12.7. The van der Waals surface area contributed by atoms with Gasteiger partial charge in [-0.15, -0.1) is 0 Å². The van der Waals surface area contributed by atoms with Crippen LogP contribution in [0.15, 0.2) is 47.0 Å². The number of rotatable bonds is 4. The lowest BCUT2D eigenvalue weighted by Crippen LogP contribution is -2.23. The quantitative estimate of drug-likeness (QED) is 0.752. The van der Waals surface area contributed by atoms with Crippen molar-refractivity contribution >= 4 is 17.5 Å². The van der Waals surface area contributed by atoms with Gasteiger partial charge in [-0.3, -0.25) is 4.79 Å². The molecule has 1 aromatic heterocycles. The summed E-state index contributed by atoms with van der Waals surface area (Å²) in [6.07, 6.45) is 0. The van der Waals surface area contributed by atoms with E-state index in [-0.39, 0.29) is 12.7 Å². The predicted molar refractivity (Wildman–Crippen MR) is 95.4 cm³/mol. The molecule has 0 unspecified atom stereocenters. The fraction of sp³-hybridized carbons (Fsp3) is 0.158. The molecular formula is C19H15ClN2O4. The maximum atomic E-state index is 12.7. The van der Waals surface area contributed by atoms with E-state index in [0.29, 0.717) is 45.6 Å². The number of benzene rings is 2. The van der Waals surface area contributed by atoms with Crippen LogP contribution >= 0.6 is 11.6 Å². The number of hydrogen-bond donors (Lipinski definition) is 1. The number of amides is 1. The zero-order valence-corrected chi connectivity index (χ0v) is 14.7. The van der Waals surface area contributed by atoms with Gasteiger partial charge in [0.05, 0.1) is 5.69 Å². The number of nitrogens with one attached hydrogen (secondary N) is 1. The van der Waals surface area contributed by atoms with E-state index in [1.165, 1.54) is 0 Å². The molecular weight excluding hydrogens is 356 g/mol. The Labute approximate surface area is 154 Å². The third-order valence-electron chi connectivity index (χ3n) is 4.07. The van der Waals surface area contributed by atoms with E-state index in [0.717, 1.165) is 5.56 Å². The first-order chi connectivity index (χ1) is 12.6. The van der Waals surface area contributed by atoms with Gasteiger partial charge in [0.1, 0.15) is 5.56 Å². The van der Waals surface area contributed by atoms with Crippen LogP contribution in [0.3, 0.4) is 0 Å². The largest absolute Gasteiger partial charge is 0.454 e. The van der Waals surface area contributed by atoms with Crippen molar-refractivity contribution in [1.29, 1.82) is 0 Å². The smallest absolute Gasteiger partial charge is 0.257 e. The number of fused-ring (bicyclic) bond motifs is 1. The van der Waals surface area contributed by atoms with Crippen LogP contribution in [-0.4, -0.2) is 17.9 Å². The highest BCUT2D eigenvalue weighted by atomic mass is 35.5. The summed E-state index contributed by atoms with van der Waals surface area (Å²) in [6, 6.07) is 12.7. The minimum Gasteiger partial charge on any atom is -0.454 e. The second-order valence-electron chi connectivity index (χ2n) is 5.85. The summed E-state index contributed by atoms with van der Waals surface area (Å²) in [5, 5.41) is 7.45. The molecule has 1 amide bonds. The average Bonchev–Trinajstić information content (AvgIpc) is 3.25. The Morgan fingerprint density at radius 1 is 1.19 bits per heavy atom. The molecule has 0 spiro atoms. The Kier molecular flexibility index (Phi) is 4.26. The average molecular weight is 371 g/mol. The van der Waals surface area contributed by atoms with E-state index in [4.69, 9.17) is 25.6 Å². The summed E-state index contributed by atoms with van der Waals surface area (Å²) in [5.74, 6) is 1.40. The van der Waals surface area contributed by atoms with E-state index >= 15 is 0 Å². The second-order valence-corrected chi connectivity index (χ2v) is 6.29. The van der Waals surface area contributed by atoms with E-state index < -0.39 is 0 Å². The molecule has 7 heteroatoms. The summed E-state index contributed by atoms with van der Waals surface area (Å²) in [7, 11) is 0. The third kappa shape index (κ3) is 3.11. The lowest BCUT2D eigenvalue weighted by Gasteiger charge is -2.07. The van der Waals surface area contributed by atoms with Crippen LogP contribution in [0.25, 0.3) is 11.3 Å². The molecule has 132 valence electrons. The minimum atomic E-state index is -0.267. The van der Waals surface area contributed by atoms with Crippen LogP contribution in [0.4, 0.5) is 0 Å². The number of hydrogen-bond acceptors (Lipinski definition) is 5. The Balaban J connectivity index is 1.59. The lowest BCUT2D eigenvalue weighted by atomic mass is 10.1. The number of halogens is 1. The zero-order chi connectivity index (χ0) is 18.1. The molecule has 1 aliphatic heterocycles. The predicted octanol–water partition coefficient (Wildman–Crippen LogP) is 3.96. The van der Waals surface area contributed by atoms with Crippen molar-refractivity contribution in [3.63, 3.8) is 0 Å². The van der Waals surface area contributed by atoms with Crippen molar-refractivity contribution in [2.45, 2.75) is 13.5 Å². The molecule has 3 aromatic rings. The molecule has 2 aromatic carbocycles. The van der Waals surface area contributed by atoms with Crippen molar-refractivity contribution in [1.82, 2.24) is 10.5 Å². The van der Waals surface area contributed by atoms with E-state index in [2.05, 4.69) is 10.5 Å². The van der Waals surface area contributed by atoms with Gasteiger partial charge >= 0.3 is 0 Å². The van der Waals surface area contributed by atoms with Crippen molar-refractivity contribution in [3.05, 3.63) is 64.3 Å². The van der Waals surface area contributed by atoms with Gasteiger partial charge in [0.2, 0.25) is 6.79 Å². The first kappa shape index (κ1) is 16.5. The van der Waals surface area contributed by atoms with Crippen LogP contribution in [0.5, 0.6) is 11.5 Å². The van der Waals surface area contributed by atoms with Crippen molar-refractivity contribution in [2.24, 2.45) is 0 Å². The molecule has 0 saturated heterocycles. The van der Waals surface area contributed by atoms with Crippen LogP contribution in [0.2, 0.25) is 5.02 Å². The first-order valence-electron chi connectivity index (χ1n) is 8.01. The molecule has 4 rings (SSSR count). The molecule has 0 aliphatic carbocycles. The fourth-order valence-electron chi connectivity index (χ4n) is 2.79. The molecule has 0 saturated carbocycles. The van der Waals surface area contributed by atoms with Crippen molar-refractivity contribution < 1.29 is 18.8 Å². The van der Waals surface area contributed by atoms with Crippen molar-refractivity contribution in [2.75, 3.05) is 6.79 Å². The molecule has 0 fully saturated rings. The summed E-state index contributed by atoms with van der Waals surface area (Å²) < 4.78 is 16.1. The van der Waals surface area contributed by atoms with Gasteiger partial charge in [-0.2, -0.15) is 0 Å². The Bertz CT molecular complexity index is 983. The summed E-state index contributed by atoms with van der Waals surface area (Å²) >= 11 is 5.98. The third-order valence-corrected chi connectivity index (χ3v) is 4.30. The molecule has 0 radical (unpaired) electrons. The Morgan fingerprint density at radius 3 is 2.88 bits per heavy atom. The molecule has 1 N–H and O–H groups in total. The highest BCUT2D eigenvalue weighted by molar-refractivity contribution is 6.30. The van der Waals surface area contributed by atoms with Gasteiger partial charge in [0.15, 0.2) is 17.3 Å². The Morgan fingerprint density at radius 2 is 2.04 bits per heavy atom. The van der Waals surface area contributed by atoms with Gasteiger partial charge in [-0.05, 0) is 42.8 Å². The van der Waals surface area contributed by atoms with E-state index in [1.54, 1.807) is 37.3 Å². The van der Waals surface area contributed by atoms with Gasteiger partial charge in [-0.25, -0.2) is 0 Å². The molecule has 2 heterocycles. The molecule has 0 atom stereocenters. The number of aromatic nitrogens is 1. The van der Waals surface area contributed by atoms with Gasteiger partial charge in [0.25, 0.3) is 5.91 Å². The second kappa shape index (κ2) is 6.72. The monoisotopic (exact) mass is 370 g/mol. The zero-order valence-electron chi connectivity index (χ0n) is 13.9. The normalized spacial score (nSPS) is 12.2. The van der Waals surface area contributed by atoms with Gasteiger partial charge in [0, 0.05) is 17.1 Å². The maximum Gasteiger partial charge on any atom is 0.257 e. The summed E-state index contributed by atoms with van der Waals surface area (Å²) in [6.45, 7) is 2.26. The van der Waals surface area contributed by atoms with Crippen LogP contribution in [-0.2, 0) is 6.54 Å². The first-order valence-corrected chi connectivity index (χ1v) is 8.38. The van der Waals surface area contributed by atoms with Gasteiger partial charge < -0.3 is 19.3 Å². The highest BCUT2D eigenvalue weighted by Crippen LogP contribution is 2.37. The van der Waals surface area contributed by atoms with Gasteiger partial charge in [-0.1, -0.05) is 28.9 Å². The van der Waals surface area contributed by atoms with Crippen LogP contribution in [0, 0.1) is 6.92 Å². The minimum absolute atomic E-state index is 0.182. The van der Waals surface area contributed by atoms with E-state index in [9.17, 15) is 4.79 Å². The summed E-state index contributed by atoms with van der Waals surface area (Å²) in [5.41, 5.74) is 2.51. The van der Waals surface area contributed by atoms with Crippen molar-refractivity contribution in [3.8, 4) is 22.8 Å². The molecule has 6 nitrogen and oxygen atoms in total. The Hall–Kier alpha value is -2.99. The van der Waals surface area contributed by atoms with E-state index in [1.807, 2.05) is 12.1 Å². The molecule has 1 aliphatic rings. The fourth-order valence-corrected chi connectivity index (χ4v) is 3.00. The summed E-state index contributed by atoms with van der Waals surface area (Å²) in [4.78, 5) is 12.7. The number of carbonyl (C=O) groups excluding carboxylic acids is 1. The highest BCUT2D eigenvalue weighted by Gasteiger charge is 2.23. The number of carbonyl (C=O) groups is 1. The number of ether oxygens (including phenoxy) is 2. The topological polar surface area (TPSA) is 73.6 Å².